The molecule has 1 aromatic carbocycles. The second kappa shape index (κ2) is 3.57. The molecule has 1 heterocycles. The Morgan fingerprint density at radius 1 is 1.47 bits per heavy atom. The lowest BCUT2D eigenvalue weighted by molar-refractivity contribution is -0.136. The molecule has 4 nitrogen and oxygen atoms in total. The van der Waals surface area contributed by atoms with Gasteiger partial charge in [-0.1, -0.05) is 12.1 Å². The van der Waals surface area contributed by atoms with Crippen molar-refractivity contribution >= 4 is 22.4 Å². The third-order valence-electron chi connectivity index (χ3n) is 2.19. The van der Waals surface area contributed by atoms with E-state index >= 15 is 0 Å². The zero-order valence-electron chi connectivity index (χ0n) is 7.97. The fraction of sp³-hybridized carbons (Fsp3) is 0.0909. The molecule has 76 valence electrons. The van der Waals surface area contributed by atoms with Gasteiger partial charge in [0.15, 0.2) is 0 Å². The van der Waals surface area contributed by atoms with Gasteiger partial charge in [0.2, 0.25) is 0 Å². The Kier molecular flexibility index (Phi) is 2.25. The summed E-state index contributed by atoms with van der Waals surface area (Å²) in [6.07, 6.45) is 1.56. The predicted octanol–water partition coefficient (Wildman–Crippen LogP) is 1.44. The van der Waals surface area contributed by atoms with Gasteiger partial charge in [0.05, 0.1) is 12.1 Å². The molecule has 0 aliphatic heterocycles. The van der Waals surface area contributed by atoms with Gasteiger partial charge >= 0.3 is 5.97 Å². The maximum Gasteiger partial charge on any atom is 0.309 e. The number of nitrogens with two attached hydrogens (primary N) is 1. The van der Waals surface area contributed by atoms with Gasteiger partial charge < -0.3 is 10.8 Å². The first-order valence-electron chi connectivity index (χ1n) is 4.52. The van der Waals surface area contributed by atoms with Crippen LogP contribution in [0, 0.1) is 0 Å². The second-order valence-electron chi connectivity index (χ2n) is 3.31. The first-order valence-corrected chi connectivity index (χ1v) is 4.52. The highest BCUT2D eigenvalue weighted by atomic mass is 16.4. The topological polar surface area (TPSA) is 76.2 Å². The summed E-state index contributed by atoms with van der Waals surface area (Å²) in [5, 5.41) is 10.4. The van der Waals surface area contributed by atoms with Gasteiger partial charge in [0.25, 0.3) is 0 Å². The summed E-state index contributed by atoms with van der Waals surface area (Å²) in [7, 11) is 0. The summed E-state index contributed by atoms with van der Waals surface area (Å²) in [5.74, 6) is -0.892. The molecule has 0 aliphatic rings. The first-order chi connectivity index (χ1) is 7.16. The molecule has 3 N–H and O–H groups in total. The number of rotatable bonds is 2. The molecule has 0 bridgehead atoms. The average molecular weight is 202 g/mol. The summed E-state index contributed by atoms with van der Waals surface area (Å²) in [6.45, 7) is 0. The quantitative estimate of drug-likeness (QED) is 0.722. The molecule has 4 heteroatoms. The van der Waals surface area contributed by atoms with E-state index < -0.39 is 5.97 Å². The molecular formula is C11H10N2O2. The van der Waals surface area contributed by atoms with E-state index in [2.05, 4.69) is 4.98 Å². The number of fused-ring (bicyclic) bond motifs is 1. The number of nitrogen functional groups attached to an aromatic ring is 1. The number of carbonyl (C=O) groups is 1. The van der Waals surface area contributed by atoms with Crippen LogP contribution in [0.4, 0.5) is 5.69 Å². The highest BCUT2D eigenvalue weighted by Crippen LogP contribution is 2.20. The molecule has 0 saturated carbocycles. The van der Waals surface area contributed by atoms with E-state index in [1.165, 1.54) is 0 Å². The maximum absolute atomic E-state index is 10.5. The minimum atomic E-state index is -0.892. The standard InChI is InChI=1S/C11H10N2O2/c12-10-3-1-2-7-6-13-8(4-9(7)10)5-11(14)15/h1-4,6H,5,12H2,(H,14,15). The number of carboxylic acids is 1. The van der Waals surface area contributed by atoms with Gasteiger partial charge in [-0.25, -0.2) is 0 Å². The van der Waals surface area contributed by atoms with Gasteiger partial charge in [-0.2, -0.15) is 0 Å². The maximum atomic E-state index is 10.5. The number of hydrogen-bond acceptors (Lipinski definition) is 3. The molecule has 0 unspecified atom stereocenters. The van der Waals surface area contributed by atoms with Crippen molar-refractivity contribution in [2.45, 2.75) is 6.42 Å². The predicted molar refractivity (Wildman–Crippen MR) is 57.5 cm³/mol. The van der Waals surface area contributed by atoms with Crippen molar-refractivity contribution in [2.75, 3.05) is 5.73 Å². The zero-order valence-corrected chi connectivity index (χ0v) is 7.97. The third kappa shape index (κ3) is 1.88. The SMILES string of the molecule is Nc1cccc2cnc(CC(=O)O)cc12. The van der Waals surface area contributed by atoms with Gasteiger partial charge in [0, 0.05) is 22.7 Å². The lowest BCUT2D eigenvalue weighted by atomic mass is 10.1. The Hall–Kier alpha value is -2.10. The summed E-state index contributed by atoms with van der Waals surface area (Å²) < 4.78 is 0. The molecule has 1 aromatic heterocycles. The molecule has 0 atom stereocenters. The Bertz CT molecular complexity index is 523. The number of nitrogens with zero attached hydrogens (tertiary/aromatic N) is 1. The third-order valence-corrected chi connectivity index (χ3v) is 2.19. The lowest BCUT2D eigenvalue weighted by Gasteiger charge is -2.03. The highest BCUT2D eigenvalue weighted by molar-refractivity contribution is 5.92. The number of carboxylic acid groups (broad SMARTS) is 1. The molecular weight excluding hydrogens is 192 g/mol. The number of aliphatic carboxylic acids is 1. The summed E-state index contributed by atoms with van der Waals surface area (Å²) >= 11 is 0. The Morgan fingerprint density at radius 2 is 2.27 bits per heavy atom. The largest absolute Gasteiger partial charge is 0.481 e. The molecule has 2 rings (SSSR count). The van der Waals surface area contributed by atoms with E-state index in [0.29, 0.717) is 11.4 Å². The fourth-order valence-electron chi connectivity index (χ4n) is 1.49. The Morgan fingerprint density at radius 3 is 3.00 bits per heavy atom. The van der Waals surface area contributed by atoms with Crippen LogP contribution in [0.5, 0.6) is 0 Å². The van der Waals surface area contributed by atoms with E-state index in [9.17, 15) is 4.79 Å². The van der Waals surface area contributed by atoms with Crippen molar-refractivity contribution in [3.05, 3.63) is 36.2 Å². The summed E-state index contributed by atoms with van der Waals surface area (Å²) in [6, 6.07) is 7.24. The van der Waals surface area contributed by atoms with Gasteiger partial charge in [-0.15, -0.1) is 0 Å². The molecule has 0 amide bonds. The van der Waals surface area contributed by atoms with Crippen molar-refractivity contribution in [2.24, 2.45) is 0 Å². The minimum Gasteiger partial charge on any atom is -0.481 e. The average Bonchev–Trinajstić information content (AvgIpc) is 2.18. The van der Waals surface area contributed by atoms with Gasteiger partial charge in [-0.3, -0.25) is 9.78 Å². The van der Waals surface area contributed by atoms with Crippen molar-refractivity contribution < 1.29 is 9.90 Å². The monoisotopic (exact) mass is 202 g/mol. The smallest absolute Gasteiger partial charge is 0.309 e. The second-order valence-corrected chi connectivity index (χ2v) is 3.31. The number of pyridine rings is 1. The highest BCUT2D eigenvalue weighted by Gasteiger charge is 2.04. The van der Waals surface area contributed by atoms with E-state index in [-0.39, 0.29) is 6.42 Å². The number of hydrogen-bond donors (Lipinski definition) is 2. The van der Waals surface area contributed by atoms with Crippen molar-refractivity contribution in [1.82, 2.24) is 4.98 Å². The fourth-order valence-corrected chi connectivity index (χ4v) is 1.49. The Balaban J connectivity index is 2.54. The molecule has 2 aromatic rings. The zero-order chi connectivity index (χ0) is 10.8. The molecule has 0 fully saturated rings. The number of anilines is 1. The molecule has 0 saturated heterocycles. The van der Waals surface area contributed by atoms with E-state index in [0.717, 1.165) is 10.8 Å². The first kappa shape index (κ1) is 9.45. The van der Waals surface area contributed by atoms with E-state index in [1.807, 2.05) is 12.1 Å². The molecule has 0 aliphatic carbocycles. The summed E-state index contributed by atoms with van der Waals surface area (Å²) in [5.41, 5.74) is 6.94. The van der Waals surface area contributed by atoms with E-state index in [4.69, 9.17) is 10.8 Å². The van der Waals surface area contributed by atoms with Crippen LogP contribution in [0.25, 0.3) is 10.8 Å². The van der Waals surface area contributed by atoms with E-state index in [1.54, 1.807) is 18.3 Å². The van der Waals surface area contributed by atoms with Crippen LogP contribution < -0.4 is 5.73 Å². The van der Waals surface area contributed by atoms with Crippen LogP contribution in [0.1, 0.15) is 5.69 Å². The van der Waals surface area contributed by atoms with Crippen LogP contribution in [0.15, 0.2) is 30.5 Å². The van der Waals surface area contributed by atoms with Crippen molar-refractivity contribution in [3.8, 4) is 0 Å². The van der Waals surface area contributed by atoms with Crippen LogP contribution in [-0.4, -0.2) is 16.1 Å². The van der Waals surface area contributed by atoms with Gasteiger partial charge in [-0.05, 0) is 12.1 Å². The summed E-state index contributed by atoms with van der Waals surface area (Å²) in [4.78, 5) is 14.6. The minimum absolute atomic E-state index is 0.0791. The molecule has 0 radical (unpaired) electrons. The molecule has 0 spiro atoms. The lowest BCUT2D eigenvalue weighted by Crippen LogP contribution is -2.02. The molecule has 15 heavy (non-hydrogen) atoms. The van der Waals surface area contributed by atoms with Crippen molar-refractivity contribution in [3.63, 3.8) is 0 Å². The number of aromatic nitrogens is 1. The van der Waals surface area contributed by atoms with Crippen LogP contribution >= 0.6 is 0 Å². The normalized spacial score (nSPS) is 10.4. The van der Waals surface area contributed by atoms with Crippen LogP contribution in [0.3, 0.4) is 0 Å². The van der Waals surface area contributed by atoms with Crippen LogP contribution in [0.2, 0.25) is 0 Å². The number of benzene rings is 1. The Labute approximate surface area is 86.4 Å². The van der Waals surface area contributed by atoms with Crippen molar-refractivity contribution in [1.29, 1.82) is 0 Å². The van der Waals surface area contributed by atoms with Gasteiger partial charge in [0.1, 0.15) is 0 Å². The van der Waals surface area contributed by atoms with Crippen LogP contribution in [-0.2, 0) is 11.2 Å².